The molecule has 0 bridgehead atoms. The number of hydrogen-bond acceptors (Lipinski definition) is 4. The molecule has 1 heterocycles. The summed E-state index contributed by atoms with van der Waals surface area (Å²) < 4.78 is 7.16. The van der Waals surface area contributed by atoms with E-state index in [0.29, 0.717) is 23.9 Å². The summed E-state index contributed by atoms with van der Waals surface area (Å²) in [5.41, 5.74) is 0.557. The summed E-state index contributed by atoms with van der Waals surface area (Å²) in [4.78, 5) is 0. The molecule has 18 heavy (non-hydrogen) atoms. The predicted molar refractivity (Wildman–Crippen MR) is 67.6 cm³/mol. The Bertz CT molecular complexity index is 496. The van der Waals surface area contributed by atoms with Gasteiger partial charge in [0.25, 0.3) is 0 Å². The second-order valence-electron chi connectivity index (χ2n) is 3.88. The van der Waals surface area contributed by atoms with Crippen LogP contribution in [0.3, 0.4) is 0 Å². The lowest BCUT2D eigenvalue weighted by Crippen LogP contribution is -2.08. The zero-order chi connectivity index (χ0) is 13.0. The van der Waals surface area contributed by atoms with Crippen molar-refractivity contribution in [2.24, 2.45) is 0 Å². The predicted octanol–water partition coefficient (Wildman–Crippen LogP) is 2.06. The zero-order valence-corrected chi connectivity index (χ0v) is 10.7. The summed E-state index contributed by atoms with van der Waals surface area (Å²) in [6.07, 6.45) is 1.10. The van der Waals surface area contributed by atoms with Crippen molar-refractivity contribution in [2.45, 2.75) is 19.6 Å². The van der Waals surface area contributed by atoms with Gasteiger partial charge in [-0.3, -0.25) is 0 Å². The van der Waals surface area contributed by atoms with Gasteiger partial charge in [-0.05, 0) is 31.2 Å². The third-order valence-corrected chi connectivity index (χ3v) is 2.64. The molecule has 5 nitrogen and oxygen atoms in total. The third kappa shape index (κ3) is 3.45. The van der Waals surface area contributed by atoms with Crippen molar-refractivity contribution in [1.29, 1.82) is 0 Å². The van der Waals surface area contributed by atoms with Crippen LogP contribution in [0.4, 0.5) is 0 Å². The van der Waals surface area contributed by atoms with Crippen molar-refractivity contribution in [3.8, 4) is 5.75 Å². The van der Waals surface area contributed by atoms with Gasteiger partial charge in [0.05, 0.1) is 18.8 Å². The highest BCUT2D eigenvalue weighted by atomic mass is 35.5. The topological polar surface area (TPSA) is 60.2 Å². The van der Waals surface area contributed by atoms with E-state index in [2.05, 4.69) is 10.3 Å². The smallest absolute Gasteiger partial charge is 0.119 e. The minimum absolute atomic E-state index is 0.476. The Morgan fingerprint density at radius 1 is 1.39 bits per heavy atom. The van der Waals surface area contributed by atoms with Crippen molar-refractivity contribution < 1.29 is 9.84 Å². The Balaban J connectivity index is 1.82. The van der Waals surface area contributed by atoms with E-state index in [1.54, 1.807) is 29.9 Å². The van der Waals surface area contributed by atoms with E-state index in [1.165, 1.54) is 0 Å². The van der Waals surface area contributed by atoms with Gasteiger partial charge in [-0.1, -0.05) is 16.8 Å². The minimum atomic E-state index is -0.601. The fourth-order valence-corrected chi connectivity index (χ4v) is 1.53. The standard InChI is InChI=1S/C12H14ClN3O2/c1-9(17)12-8-16(15-14-12)6-7-18-11-4-2-10(13)3-5-11/h2-5,8-9,17H,6-7H2,1H3. The van der Waals surface area contributed by atoms with Gasteiger partial charge in [-0.15, -0.1) is 5.10 Å². The number of halogens is 1. The number of aliphatic hydroxyl groups is 1. The van der Waals surface area contributed by atoms with Crippen LogP contribution in [-0.2, 0) is 6.54 Å². The van der Waals surface area contributed by atoms with Gasteiger partial charge >= 0.3 is 0 Å². The molecule has 0 saturated heterocycles. The molecule has 0 aliphatic heterocycles. The van der Waals surface area contributed by atoms with E-state index < -0.39 is 6.10 Å². The number of rotatable bonds is 5. The lowest BCUT2D eigenvalue weighted by molar-refractivity contribution is 0.194. The van der Waals surface area contributed by atoms with Crippen molar-refractivity contribution in [3.63, 3.8) is 0 Å². The quantitative estimate of drug-likeness (QED) is 0.901. The number of nitrogens with zero attached hydrogens (tertiary/aromatic N) is 3. The summed E-state index contributed by atoms with van der Waals surface area (Å²) in [6, 6.07) is 7.17. The van der Waals surface area contributed by atoms with Crippen LogP contribution in [-0.4, -0.2) is 26.7 Å². The summed E-state index contributed by atoms with van der Waals surface area (Å²) in [6.45, 7) is 2.70. The van der Waals surface area contributed by atoms with Crippen LogP contribution in [0, 0.1) is 0 Å². The Morgan fingerprint density at radius 2 is 2.11 bits per heavy atom. The fraction of sp³-hybridized carbons (Fsp3) is 0.333. The molecule has 6 heteroatoms. The van der Waals surface area contributed by atoms with Crippen molar-refractivity contribution >= 4 is 11.6 Å². The number of hydrogen-bond donors (Lipinski definition) is 1. The molecule has 1 aromatic heterocycles. The Morgan fingerprint density at radius 3 is 2.72 bits per heavy atom. The average Bonchev–Trinajstić information content (AvgIpc) is 2.81. The first-order valence-corrected chi connectivity index (χ1v) is 5.99. The molecule has 0 amide bonds. The van der Waals surface area contributed by atoms with Gasteiger partial charge in [0.2, 0.25) is 0 Å². The molecule has 2 rings (SSSR count). The van der Waals surface area contributed by atoms with Crippen LogP contribution in [0.25, 0.3) is 0 Å². The molecule has 2 aromatic rings. The SMILES string of the molecule is CC(O)c1cn(CCOc2ccc(Cl)cc2)nn1. The van der Waals surface area contributed by atoms with Gasteiger partial charge in [-0.2, -0.15) is 0 Å². The average molecular weight is 268 g/mol. The van der Waals surface area contributed by atoms with Crippen LogP contribution in [0.5, 0.6) is 5.75 Å². The summed E-state index contributed by atoms with van der Waals surface area (Å²) in [5, 5.41) is 17.7. The van der Waals surface area contributed by atoms with E-state index in [-0.39, 0.29) is 0 Å². The zero-order valence-electron chi connectivity index (χ0n) is 9.95. The number of ether oxygens (including phenoxy) is 1. The highest BCUT2D eigenvalue weighted by Gasteiger charge is 2.05. The largest absolute Gasteiger partial charge is 0.492 e. The van der Waals surface area contributed by atoms with Crippen LogP contribution in [0.15, 0.2) is 30.5 Å². The maximum absolute atomic E-state index is 9.31. The van der Waals surface area contributed by atoms with Crippen molar-refractivity contribution in [1.82, 2.24) is 15.0 Å². The normalized spacial score (nSPS) is 12.4. The van der Waals surface area contributed by atoms with Crippen molar-refractivity contribution in [3.05, 3.63) is 41.2 Å². The lowest BCUT2D eigenvalue weighted by atomic mass is 10.3. The molecule has 1 atom stereocenters. The molecule has 0 spiro atoms. The molecule has 0 aliphatic carbocycles. The highest BCUT2D eigenvalue weighted by Crippen LogP contribution is 2.15. The van der Waals surface area contributed by atoms with E-state index in [1.807, 2.05) is 12.1 Å². The van der Waals surface area contributed by atoms with Crippen molar-refractivity contribution in [2.75, 3.05) is 6.61 Å². The van der Waals surface area contributed by atoms with Gasteiger partial charge in [0, 0.05) is 5.02 Å². The molecule has 0 fully saturated rings. The third-order valence-electron chi connectivity index (χ3n) is 2.39. The summed E-state index contributed by atoms with van der Waals surface area (Å²) >= 11 is 5.77. The lowest BCUT2D eigenvalue weighted by Gasteiger charge is -2.05. The van der Waals surface area contributed by atoms with E-state index in [9.17, 15) is 5.11 Å². The molecule has 1 unspecified atom stereocenters. The Kier molecular flexibility index (Phi) is 4.17. The van der Waals surface area contributed by atoms with Crippen LogP contribution >= 0.6 is 11.6 Å². The van der Waals surface area contributed by atoms with Crippen LogP contribution in [0.2, 0.25) is 5.02 Å². The number of aromatic nitrogens is 3. The second-order valence-corrected chi connectivity index (χ2v) is 4.32. The van der Waals surface area contributed by atoms with E-state index >= 15 is 0 Å². The van der Waals surface area contributed by atoms with Gasteiger partial charge < -0.3 is 9.84 Å². The molecular weight excluding hydrogens is 254 g/mol. The number of aliphatic hydroxyl groups excluding tert-OH is 1. The number of benzene rings is 1. The molecule has 96 valence electrons. The first kappa shape index (κ1) is 12.9. The van der Waals surface area contributed by atoms with Crippen LogP contribution < -0.4 is 4.74 Å². The maximum atomic E-state index is 9.31. The Hall–Kier alpha value is -1.59. The van der Waals surface area contributed by atoms with Gasteiger partial charge in [0.15, 0.2) is 0 Å². The molecule has 1 N–H and O–H groups in total. The van der Waals surface area contributed by atoms with E-state index in [0.717, 1.165) is 5.75 Å². The molecule has 1 aromatic carbocycles. The molecular formula is C12H14ClN3O2. The monoisotopic (exact) mass is 267 g/mol. The highest BCUT2D eigenvalue weighted by molar-refractivity contribution is 6.30. The fourth-order valence-electron chi connectivity index (χ4n) is 1.40. The van der Waals surface area contributed by atoms with Crippen LogP contribution in [0.1, 0.15) is 18.7 Å². The van der Waals surface area contributed by atoms with E-state index in [4.69, 9.17) is 16.3 Å². The molecule has 0 saturated carbocycles. The summed E-state index contributed by atoms with van der Waals surface area (Å²) in [7, 11) is 0. The van der Waals surface area contributed by atoms with Gasteiger partial charge in [0.1, 0.15) is 18.1 Å². The Labute approximate surface area is 110 Å². The molecule has 0 radical (unpaired) electrons. The maximum Gasteiger partial charge on any atom is 0.119 e. The van der Waals surface area contributed by atoms with Gasteiger partial charge in [-0.25, -0.2) is 4.68 Å². The molecule has 0 aliphatic rings. The minimum Gasteiger partial charge on any atom is -0.492 e. The first-order valence-electron chi connectivity index (χ1n) is 5.61. The first-order chi connectivity index (χ1) is 8.65. The second kappa shape index (κ2) is 5.84. The summed E-state index contributed by atoms with van der Waals surface area (Å²) in [5.74, 6) is 0.760.